The molecule has 6 heteroatoms. The van der Waals surface area contributed by atoms with E-state index in [0.29, 0.717) is 18.2 Å². The van der Waals surface area contributed by atoms with Crippen molar-refractivity contribution >= 4 is 15.7 Å². The molecule has 1 rings (SSSR count). The molecule has 4 N–H and O–H groups in total. The molecule has 1 unspecified atom stereocenters. The third-order valence-corrected chi connectivity index (χ3v) is 4.61. The number of nitrogens with two attached hydrogens (primary N) is 1. The van der Waals surface area contributed by atoms with Crippen molar-refractivity contribution in [2.24, 2.45) is 11.7 Å². The highest BCUT2D eigenvalue weighted by molar-refractivity contribution is 7.89. The second-order valence-electron chi connectivity index (χ2n) is 6.04. The van der Waals surface area contributed by atoms with Gasteiger partial charge in [-0.25, -0.2) is 13.1 Å². The Morgan fingerprint density at radius 3 is 2.33 bits per heavy atom. The first-order valence-electron chi connectivity index (χ1n) is 7.33. The number of rotatable bonds is 8. The van der Waals surface area contributed by atoms with Crippen molar-refractivity contribution in [3.8, 4) is 0 Å². The molecule has 0 bridgehead atoms. The standard InChI is InChI=1S/C15H27N3O2S/c1-11(2)9-13(16)10-17-14-7-5-6-8-15(14)21(19,20)18-12(3)4/h5-8,11-13,17-18H,9-10,16H2,1-4H3. The van der Waals surface area contributed by atoms with Crippen LogP contribution in [0, 0.1) is 5.92 Å². The van der Waals surface area contributed by atoms with Crippen molar-refractivity contribution in [1.29, 1.82) is 0 Å². The normalized spacial score (nSPS) is 13.7. The number of hydrogen-bond acceptors (Lipinski definition) is 4. The lowest BCUT2D eigenvalue weighted by atomic mass is 10.0. The molecule has 0 aromatic heterocycles. The smallest absolute Gasteiger partial charge is 0.242 e. The van der Waals surface area contributed by atoms with Crippen molar-refractivity contribution in [3.63, 3.8) is 0 Å². The predicted octanol–water partition coefficient (Wildman–Crippen LogP) is 2.16. The van der Waals surface area contributed by atoms with E-state index in [1.54, 1.807) is 32.0 Å². The molecule has 1 aromatic rings. The van der Waals surface area contributed by atoms with Crippen LogP contribution < -0.4 is 15.8 Å². The maximum absolute atomic E-state index is 12.3. The van der Waals surface area contributed by atoms with Gasteiger partial charge in [-0.2, -0.15) is 0 Å². The molecule has 0 saturated carbocycles. The Hall–Kier alpha value is -1.11. The van der Waals surface area contributed by atoms with Gasteiger partial charge in [0.25, 0.3) is 0 Å². The molecule has 5 nitrogen and oxygen atoms in total. The van der Waals surface area contributed by atoms with Crippen LogP contribution in [0.15, 0.2) is 29.2 Å². The third kappa shape index (κ3) is 6.03. The minimum atomic E-state index is -3.51. The topological polar surface area (TPSA) is 84.2 Å². The molecule has 0 heterocycles. The van der Waals surface area contributed by atoms with Crippen molar-refractivity contribution in [3.05, 3.63) is 24.3 Å². The van der Waals surface area contributed by atoms with Gasteiger partial charge >= 0.3 is 0 Å². The average Bonchev–Trinajstić information content (AvgIpc) is 2.34. The van der Waals surface area contributed by atoms with Crippen molar-refractivity contribution < 1.29 is 8.42 Å². The van der Waals surface area contributed by atoms with E-state index in [1.807, 2.05) is 6.07 Å². The van der Waals surface area contributed by atoms with Crippen LogP contribution in [-0.4, -0.2) is 27.0 Å². The second kappa shape index (κ2) is 7.77. The Labute approximate surface area is 128 Å². The molecule has 120 valence electrons. The number of anilines is 1. The summed E-state index contributed by atoms with van der Waals surface area (Å²) >= 11 is 0. The molecule has 0 saturated heterocycles. The maximum Gasteiger partial charge on any atom is 0.242 e. The second-order valence-corrected chi connectivity index (χ2v) is 7.73. The number of nitrogens with one attached hydrogen (secondary N) is 2. The van der Waals surface area contributed by atoms with Gasteiger partial charge < -0.3 is 11.1 Å². The molecule has 0 aliphatic rings. The fraction of sp³-hybridized carbons (Fsp3) is 0.600. The number of hydrogen-bond donors (Lipinski definition) is 3. The molecular weight excluding hydrogens is 286 g/mol. The Morgan fingerprint density at radius 1 is 1.14 bits per heavy atom. The molecule has 0 spiro atoms. The zero-order valence-corrected chi connectivity index (χ0v) is 14.1. The average molecular weight is 313 g/mol. The van der Waals surface area contributed by atoms with Crippen molar-refractivity contribution in [1.82, 2.24) is 4.72 Å². The lowest BCUT2D eigenvalue weighted by molar-refractivity contribution is 0.508. The summed E-state index contributed by atoms with van der Waals surface area (Å²) < 4.78 is 27.2. The first kappa shape index (κ1) is 17.9. The predicted molar refractivity (Wildman–Crippen MR) is 87.8 cm³/mol. The van der Waals surface area contributed by atoms with E-state index >= 15 is 0 Å². The third-order valence-electron chi connectivity index (χ3n) is 2.90. The quantitative estimate of drug-likeness (QED) is 0.686. The number of sulfonamides is 1. The van der Waals surface area contributed by atoms with E-state index in [2.05, 4.69) is 23.9 Å². The molecule has 0 radical (unpaired) electrons. The molecule has 0 amide bonds. The van der Waals surface area contributed by atoms with Crippen LogP contribution in [0.4, 0.5) is 5.69 Å². The SMILES string of the molecule is CC(C)CC(N)CNc1ccccc1S(=O)(=O)NC(C)C. The maximum atomic E-state index is 12.3. The molecule has 1 aromatic carbocycles. The van der Waals surface area contributed by atoms with E-state index < -0.39 is 10.0 Å². The van der Waals surface area contributed by atoms with Crippen LogP contribution >= 0.6 is 0 Å². The van der Waals surface area contributed by atoms with E-state index in [4.69, 9.17) is 5.73 Å². The van der Waals surface area contributed by atoms with Gasteiger partial charge in [0.2, 0.25) is 10.0 Å². The summed E-state index contributed by atoms with van der Waals surface area (Å²) in [6.07, 6.45) is 0.895. The molecule has 1 atom stereocenters. The fourth-order valence-electron chi connectivity index (χ4n) is 2.15. The summed E-state index contributed by atoms with van der Waals surface area (Å²) in [5.41, 5.74) is 6.62. The minimum absolute atomic E-state index is 0.00109. The minimum Gasteiger partial charge on any atom is -0.382 e. The van der Waals surface area contributed by atoms with E-state index in [-0.39, 0.29) is 17.0 Å². The highest BCUT2D eigenvalue weighted by Gasteiger charge is 2.19. The van der Waals surface area contributed by atoms with Gasteiger partial charge in [0, 0.05) is 18.6 Å². The van der Waals surface area contributed by atoms with E-state index in [1.165, 1.54) is 0 Å². The van der Waals surface area contributed by atoms with Crippen LogP contribution in [0.25, 0.3) is 0 Å². The van der Waals surface area contributed by atoms with Crippen LogP contribution in [-0.2, 0) is 10.0 Å². The molecule has 21 heavy (non-hydrogen) atoms. The van der Waals surface area contributed by atoms with Gasteiger partial charge in [-0.15, -0.1) is 0 Å². The summed E-state index contributed by atoms with van der Waals surface area (Å²) in [6, 6.07) is 6.74. The summed E-state index contributed by atoms with van der Waals surface area (Å²) in [4.78, 5) is 0.260. The molecule has 0 fully saturated rings. The fourth-order valence-corrected chi connectivity index (χ4v) is 3.59. The summed E-state index contributed by atoms with van der Waals surface area (Å²) in [5, 5.41) is 3.15. The monoisotopic (exact) mass is 313 g/mol. The molecular formula is C15H27N3O2S. The van der Waals surface area contributed by atoms with Crippen LogP contribution in [0.2, 0.25) is 0 Å². The summed E-state index contributed by atoms with van der Waals surface area (Å²) in [5.74, 6) is 0.517. The van der Waals surface area contributed by atoms with E-state index in [9.17, 15) is 8.42 Å². The van der Waals surface area contributed by atoms with Gasteiger partial charge in [0.15, 0.2) is 0 Å². The zero-order chi connectivity index (χ0) is 16.0. The van der Waals surface area contributed by atoms with Gasteiger partial charge in [-0.1, -0.05) is 26.0 Å². The van der Waals surface area contributed by atoms with Crippen LogP contribution in [0.5, 0.6) is 0 Å². The molecule has 0 aliphatic carbocycles. The van der Waals surface area contributed by atoms with Gasteiger partial charge in [0.1, 0.15) is 4.90 Å². The Morgan fingerprint density at radius 2 is 1.76 bits per heavy atom. The number of benzene rings is 1. The van der Waals surface area contributed by atoms with Crippen molar-refractivity contribution in [2.45, 2.75) is 51.1 Å². The lowest BCUT2D eigenvalue weighted by Gasteiger charge is -2.18. The van der Waals surface area contributed by atoms with Gasteiger partial charge in [-0.05, 0) is 38.3 Å². The first-order valence-corrected chi connectivity index (χ1v) is 8.81. The lowest BCUT2D eigenvalue weighted by Crippen LogP contribution is -2.33. The summed E-state index contributed by atoms with van der Waals surface area (Å²) in [6.45, 7) is 8.38. The Balaban J connectivity index is 2.85. The van der Waals surface area contributed by atoms with Crippen molar-refractivity contribution in [2.75, 3.05) is 11.9 Å². The highest BCUT2D eigenvalue weighted by Crippen LogP contribution is 2.21. The zero-order valence-electron chi connectivity index (χ0n) is 13.3. The summed E-state index contributed by atoms with van der Waals surface area (Å²) in [7, 11) is -3.51. The van der Waals surface area contributed by atoms with Crippen LogP contribution in [0.3, 0.4) is 0 Å². The first-order chi connectivity index (χ1) is 9.72. The Bertz CT molecular complexity index is 542. The molecule has 0 aliphatic heterocycles. The van der Waals surface area contributed by atoms with E-state index in [0.717, 1.165) is 6.42 Å². The van der Waals surface area contributed by atoms with Gasteiger partial charge in [-0.3, -0.25) is 0 Å². The largest absolute Gasteiger partial charge is 0.382 e. The number of para-hydroxylation sites is 1. The highest BCUT2D eigenvalue weighted by atomic mass is 32.2. The van der Waals surface area contributed by atoms with Crippen LogP contribution in [0.1, 0.15) is 34.1 Å². The van der Waals surface area contributed by atoms with Gasteiger partial charge in [0.05, 0.1) is 5.69 Å². The Kier molecular flexibility index (Phi) is 6.64.